The molecule has 2 aromatic carbocycles. The van der Waals surface area contributed by atoms with Crippen LogP contribution in [0, 0.1) is 6.92 Å². The number of hydrogen-bond acceptors (Lipinski definition) is 6. The van der Waals surface area contributed by atoms with E-state index in [1.807, 2.05) is 6.07 Å². The Labute approximate surface area is 188 Å². The third-order valence-corrected chi connectivity index (χ3v) is 6.02. The van der Waals surface area contributed by atoms with E-state index in [1.165, 1.54) is 40.4 Å². The molecule has 0 spiro atoms. The second kappa shape index (κ2) is 9.36. The molecule has 0 unspecified atom stereocenters. The van der Waals surface area contributed by atoms with Crippen molar-refractivity contribution in [3.8, 4) is 22.9 Å². The molecule has 0 N–H and O–H groups in total. The molecule has 1 aromatic heterocycles. The van der Waals surface area contributed by atoms with E-state index < -0.39 is 5.91 Å². The van der Waals surface area contributed by atoms with E-state index in [1.54, 1.807) is 29.7 Å². The summed E-state index contributed by atoms with van der Waals surface area (Å²) in [5, 5.41) is 0.530. The topological polar surface area (TPSA) is 79.1 Å². The minimum absolute atomic E-state index is 0.111. The molecule has 3 rings (SSSR count). The molecule has 0 saturated carbocycles. The minimum atomic E-state index is -0.522. The van der Waals surface area contributed by atoms with Crippen LogP contribution in [0.4, 0.5) is 0 Å². The average Bonchev–Trinajstić information content (AvgIpc) is 3.08. The van der Waals surface area contributed by atoms with Crippen LogP contribution in [0.5, 0.6) is 17.2 Å². The number of Topliss-reactive ketones (excluding diaryl/α,β-unsaturated/α-hetero) is 1. The van der Waals surface area contributed by atoms with Gasteiger partial charge in [0, 0.05) is 28.9 Å². The Morgan fingerprint density at radius 1 is 1.03 bits per heavy atom. The van der Waals surface area contributed by atoms with Gasteiger partial charge in [0.2, 0.25) is 5.75 Å². The van der Waals surface area contributed by atoms with Gasteiger partial charge in [-0.15, -0.1) is 0 Å². The Morgan fingerprint density at radius 3 is 2.19 bits per heavy atom. The Morgan fingerprint density at radius 2 is 1.68 bits per heavy atom. The van der Waals surface area contributed by atoms with E-state index in [2.05, 4.69) is 4.99 Å². The van der Waals surface area contributed by atoms with Crippen LogP contribution in [0.1, 0.15) is 32.6 Å². The van der Waals surface area contributed by atoms with E-state index >= 15 is 0 Å². The van der Waals surface area contributed by atoms with Crippen molar-refractivity contribution >= 4 is 34.6 Å². The largest absolute Gasteiger partial charge is 0.493 e. The number of rotatable bonds is 6. The molecule has 162 valence electrons. The standard InChI is InChI=1S/C22H21ClN2O5S/c1-12-20(13(2)26)31-22(25(12)16-8-6-7-15(23)11-16)24-21(27)14-9-17(28-3)19(30-5)18(10-14)29-4/h6-11H,1-5H3. The summed E-state index contributed by atoms with van der Waals surface area (Å²) < 4.78 is 17.7. The third kappa shape index (κ3) is 4.50. The first-order valence-electron chi connectivity index (χ1n) is 9.19. The second-order valence-electron chi connectivity index (χ2n) is 6.50. The predicted molar refractivity (Wildman–Crippen MR) is 119 cm³/mol. The zero-order valence-corrected chi connectivity index (χ0v) is 19.3. The van der Waals surface area contributed by atoms with Crippen molar-refractivity contribution in [2.24, 2.45) is 4.99 Å². The van der Waals surface area contributed by atoms with Crippen molar-refractivity contribution in [3.05, 3.63) is 62.4 Å². The van der Waals surface area contributed by atoms with Crippen LogP contribution in [-0.4, -0.2) is 37.6 Å². The van der Waals surface area contributed by atoms with Crippen LogP contribution in [-0.2, 0) is 0 Å². The molecule has 0 fully saturated rings. The maximum absolute atomic E-state index is 13.1. The highest BCUT2D eigenvalue weighted by atomic mass is 35.5. The monoisotopic (exact) mass is 460 g/mol. The quantitative estimate of drug-likeness (QED) is 0.507. The summed E-state index contributed by atoms with van der Waals surface area (Å²) in [5.41, 5.74) is 1.63. The van der Waals surface area contributed by atoms with Gasteiger partial charge in [0.15, 0.2) is 22.1 Å². The Kier molecular flexibility index (Phi) is 6.82. The SMILES string of the molecule is COc1cc(C(=O)N=c2sc(C(C)=O)c(C)n2-c2cccc(Cl)c2)cc(OC)c1OC. The minimum Gasteiger partial charge on any atom is -0.493 e. The van der Waals surface area contributed by atoms with Crippen LogP contribution < -0.4 is 19.0 Å². The second-order valence-corrected chi connectivity index (χ2v) is 7.92. The number of methoxy groups -OCH3 is 3. The fourth-order valence-corrected chi connectivity index (χ4v) is 4.34. The molecule has 0 aliphatic rings. The van der Waals surface area contributed by atoms with Gasteiger partial charge in [0.05, 0.1) is 26.2 Å². The number of benzene rings is 2. The van der Waals surface area contributed by atoms with Gasteiger partial charge in [-0.25, -0.2) is 0 Å². The highest BCUT2D eigenvalue weighted by Crippen LogP contribution is 2.38. The third-order valence-electron chi connectivity index (χ3n) is 4.54. The molecule has 1 heterocycles. The summed E-state index contributed by atoms with van der Waals surface area (Å²) in [6.07, 6.45) is 0. The van der Waals surface area contributed by atoms with E-state index in [9.17, 15) is 9.59 Å². The number of halogens is 1. The summed E-state index contributed by atoms with van der Waals surface area (Å²) in [7, 11) is 4.42. The molecule has 0 atom stereocenters. The van der Waals surface area contributed by atoms with Crippen molar-refractivity contribution in [1.82, 2.24) is 4.57 Å². The van der Waals surface area contributed by atoms with Gasteiger partial charge < -0.3 is 14.2 Å². The number of ether oxygens (including phenoxy) is 3. The number of amides is 1. The van der Waals surface area contributed by atoms with Crippen LogP contribution in [0.25, 0.3) is 5.69 Å². The van der Waals surface area contributed by atoms with Gasteiger partial charge in [-0.3, -0.25) is 14.2 Å². The zero-order chi connectivity index (χ0) is 22.7. The number of aromatic nitrogens is 1. The summed E-state index contributed by atoms with van der Waals surface area (Å²) in [4.78, 5) is 30.3. The number of nitrogens with zero attached hydrogens (tertiary/aromatic N) is 2. The molecule has 0 radical (unpaired) electrons. The van der Waals surface area contributed by atoms with E-state index in [-0.39, 0.29) is 11.3 Å². The van der Waals surface area contributed by atoms with Crippen molar-refractivity contribution in [2.45, 2.75) is 13.8 Å². The van der Waals surface area contributed by atoms with Gasteiger partial charge in [-0.1, -0.05) is 29.0 Å². The average molecular weight is 461 g/mol. The molecule has 31 heavy (non-hydrogen) atoms. The fourth-order valence-electron chi connectivity index (χ4n) is 3.13. The lowest BCUT2D eigenvalue weighted by atomic mass is 10.1. The summed E-state index contributed by atoms with van der Waals surface area (Å²) in [6, 6.07) is 10.2. The molecule has 1 amide bonds. The first-order chi connectivity index (χ1) is 14.8. The van der Waals surface area contributed by atoms with Crippen LogP contribution in [0.15, 0.2) is 41.4 Å². The predicted octanol–water partition coefficient (Wildman–Crippen LogP) is 4.47. The first-order valence-corrected chi connectivity index (χ1v) is 10.4. The van der Waals surface area contributed by atoms with Crippen molar-refractivity contribution in [3.63, 3.8) is 0 Å². The molecular formula is C22H21ClN2O5S. The molecule has 0 aliphatic heterocycles. The lowest BCUT2D eigenvalue weighted by molar-refractivity contribution is 0.0994. The molecule has 3 aromatic rings. The Balaban J connectivity index is 2.21. The summed E-state index contributed by atoms with van der Waals surface area (Å²) in [6.45, 7) is 3.28. The van der Waals surface area contributed by atoms with Crippen molar-refractivity contribution in [2.75, 3.05) is 21.3 Å². The highest BCUT2D eigenvalue weighted by Gasteiger charge is 2.19. The Bertz CT molecular complexity index is 1200. The summed E-state index contributed by atoms with van der Waals surface area (Å²) in [5.74, 6) is 0.428. The van der Waals surface area contributed by atoms with Crippen LogP contribution in [0.2, 0.25) is 5.02 Å². The maximum atomic E-state index is 13.1. The van der Waals surface area contributed by atoms with E-state index in [0.29, 0.717) is 43.3 Å². The lowest BCUT2D eigenvalue weighted by Gasteiger charge is -2.12. The van der Waals surface area contributed by atoms with Crippen LogP contribution in [0.3, 0.4) is 0 Å². The van der Waals surface area contributed by atoms with Crippen LogP contribution >= 0.6 is 22.9 Å². The highest BCUT2D eigenvalue weighted by molar-refractivity contribution is 7.11. The number of thiazole rings is 1. The van der Waals surface area contributed by atoms with E-state index in [4.69, 9.17) is 25.8 Å². The van der Waals surface area contributed by atoms with Crippen molar-refractivity contribution in [1.29, 1.82) is 0 Å². The zero-order valence-electron chi connectivity index (χ0n) is 17.7. The molecule has 7 nitrogen and oxygen atoms in total. The number of carbonyl (C=O) groups excluding carboxylic acids is 2. The number of carbonyl (C=O) groups is 2. The van der Waals surface area contributed by atoms with Gasteiger partial charge in [0.25, 0.3) is 5.91 Å². The smallest absolute Gasteiger partial charge is 0.279 e. The van der Waals surface area contributed by atoms with Gasteiger partial charge in [0.1, 0.15) is 0 Å². The molecular weight excluding hydrogens is 440 g/mol. The van der Waals surface area contributed by atoms with Gasteiger partial charge >= 0.3 is 0 Å². The molecule has 0 aliphatic carbocycles. The normalized spacial score (nSPS) is 11.4. The molecule has 0 saturated heterocycles. The fraction of sp³-hybridized carbons (Fsp3) is 0.227. The van der Waals surface area contributed by atoms with E-state index in [0.717, 1.165) is 11.3 Å². The van der Waals surface area contributed by atoms with Gasteiger partial charge in [-0.2, -0.15) is 4.99 Å². The number of ketones is 1. The summed E-state index contributed by atoms with van der Waals surface area (Å²) >= 11 is 7.29. The Hall–Kier alpha value is -3.10. The van der Waals surface area contributed by atoms with Crippen molar-refractivity contribution < 1.29 is 23.8 Å². The lowest BCUT2D eigenvalue weighted by Crippen LogP contribution is -2.16. The molecule has 9 heteroatoms. The number of hydrogen-bond donors (Lipinski definition) is 0. The molecule has 0 bridgehead atoms. The van der Waals surface area contributed by atoms with Gasteiger partial charge in [-0.05, 0) is 37.3 Å². The maximum Gasteiger partial charge on any atom is 0.279 e. The first kappa shape index (κ1) is 22.6.